The Morgan fingerprint density at radius 2 is 1.93 bits per heavy atom. The number of nitrogens with zero attached hydrogens (tertiary/aromatic N) is 1. The Balaban J connectivity index is 1.65. The molecule has 1 heterocycles. The number of hydrogen-bond donors (Lipinski definition) is 1. The molecule has 0 aliphatic carbocycles. The van der Waals surface area contributed by atoms with E-state index in [0.29, 0.717) is 10.7 Å². The fraction of sp³-hybridized carbons (Fsp3) is 0.0952. The molecular weight excluding hydrogens is 396 g/mol. The van der Waals surface area contributed by atoms with E-state index in [4.69, 9.17) is 11.6 Å². The Labute approximate surface area is 172 Å². The van der Waals surface area contributed by atoms with Crippen molar-refractivity contribution >= 4 is 52.2 Å². The average molecular weight is 413 g/mol. The Morgan fingerprint density at radius 3 is 2.68 bits per heavy atom. The zero-order valence-corrected chi connectivity index (χ0v) is 16.6. The van der Waals surface area contributed by atoms with Crippen LogP contribution >= 0.6 is 23.4 Å². The molecule has 1 fully saturated rings. The van der Waals surface area contributed by atoms with E-state index >= 15 is 0 Å². The van der Waals surface area contributed by atoms with Crippen LogP contribution in [-0.2, 0) is 9.59 Å². The smallest absolute Gasteiger partial charge is 0.294 e. The first-order chi connectivity index (χ1) is 13.4. The Bertz CT molecular complexity index is 986. The highest BCUT2D eigenvalue weighted by atomic mass is 35.5. The molecule has 1 aliphatic heterocycles. The van der Waals surface area contributed by atoms with Crippen LogP contribution in [0.2, 0.25) is 5.02 Å². The average Bonchev–Trinajstić information content (AvgIpc) is 2.93. The van der Waals surface area contributed by atoms with Gasteiger partial charge in [-0.25, -0.2) is 0 Å². The number of benzene rings is 2. The molecule has 28 heavy (non-hydrogen) atoms. The Hall–Kier alpha value is -2.83. The molecular formula is C21H17ClN2O3S. The van der Waals surface area contributed by atoms with Gasteiger partial charge in [0.2, 0.25) is 5.91 Å². The molecule has 7 heteroatoms. The summed E-state index contributed by atoms with van der Waals surface area (Å²) in [4.78, 5) is 38.1. The van der Waals surface area contributed by atoms with Crippen LogP contribution in [0.15, 0.2) is 65.6 Å². The second-order valence-corrected chi connectivity index (χ2v) is 7.50. The fourth-order valence-corrected chi connectivity index (χ4v) is 3.49. The van der Waals surface area contributed by atoms with Crippen molar-refractivity contribution in [1.82, 2.24) is 4.90 Å². The number of carbonyl (C=O) groups excluding carboxylic acids is 3. The number of carbonyl (C=O) groups is 3. The van der Waals surface area contributed by atoms with E-state index in [1.807, 2.05) is 43.3 Å². The third kappa shape index (κ3) is 4.91. The summed E-state index contributed by atoms with van der Waals surface area (Å²) in [7, 11) is 0. The number of amides is 3. The van der Waals surface area contributed by atoms with Gasteiger partial charge in [-0.1, -0.05) is 60.2 Å². The molecule has 1 saturated heterocycles. The maximum absolute atomic E-state index is 12.4. The van der Waals surface area contributed by atoms with Crippen molar-refractivity contribution in [3.63, 3.8) is 0 Å². The van der Waals surface area contributed by atoms with Crippen molar-refractivity contribution in [2.75, 3.05) is 11.9 Å². The first-order valence-corrected chi connectivity index (χ1v) is 9.66. The van der Waals surface area contributed by atoms with E-state index < -0.39 is 17.1 Å². The van der Waals surface area contributed by atoms with Crippen molar-refractivity contribution < 1.29 is 14.4 Å². The van der Waals surface area contributed by atoms with Gasteiger partial charge in [0.05, 0.1) is 4.91 Å². The van der Waals surface area contributed by atoms with E-state index in [0.717, 1.165) is 27.8 Å². The number of allylic oxidation sites excluding steroid dienone is 2. The highest BCUT2D eigenvalue weighted by Gasteiger charge is 2.36. The van der Waals surface area contributed by atoms with Crippen molar-refractivity contribution in [1.29, 1.82) is 0 Å². The zero-order valence-electron chi connectivity index (χ0n) is 15.0. The van der Waals surface area contributed by atoms with Gasteiger partial charge in [0.15, 0.2) is 0 Å². The number of nitrogens with one attached hydrogen (secondary N) is 1. The predicted octanol–water partition coefficient (Wildman–Crippen LogP) is 4.88. The number of anilines is 1. The van der Waals surface area contributed by atoms with Gasteiger partial charge < -0.3 is 5.32 Å². The fourth-order valence-electron chi connectivity index (χ4n) is 2.52. The van der Waals surface area contributed by atoms with Crippen LogP contribution in [0, 0.1) is 6.92 Å². The summed E-state index contributed by atoms with van der Waals surface area (Å²) in [6.07, 6.45) is 5.13. The molecule has 0 aromatic heterocycles. The maximum Gasteiger partial charge on any atom is 0.294 e. The van der Waals surface area contributed by atoms with Crippen molar-refractivity contribution in [2.24, 2.45) is 0 Å². The van der Waals surface area contributed by atoms with Crippen molar-refractivity contribution in [3.05, 3.63) is 81.7 Å². The van der Waals surface area contributed by atoms with E-state index in [-0.39, 0.29) is 11.4 Å². The number of hydrogen-bond acceptors (Lipinski definition) is 4. The minimum Gasteiger partial charge on any atom is -0.324 e. The molecule has 0 spiro atoms. The minimum absolute atomic E-state index is 0.281. The van der Waals surface area contributed by atoms with Crippen LogP contribution in [0.3, 0.4) is 0 Å². The molecule has 3 rings (SSSR count). The van der Waals surface area contributed by atoms with Crippen LogP contribution < -0.4 is 5.32 Å². The summed E-state index contributed by atoms with van der Waals surface area (Å²) in [6, 6.07) is 14.7. The van der Waals surface area contributed by atoms with E-state index in [1.165, 1.54) is 0 Å². The largest absolute Gasteiger partial charge is 0.324 e. The highest BCUT2D eigenvalue weighted by Crippen LogP contribution is 2.30. The van der Waals surface area contributed by atoms with Crippen LogP contribution in [0.4, 0.5) is 10.5 Å². The molecule has 0 atom stereocenters. The lowest BCUT2D eigenvalue weighted by Gasteiger charge is -2.13. The Kier molecular flexibility index (Phi) is 6.34. The monoisotopic (exact) mass is 412 g/mol. The molecule has 2 aromatic rings. The van der Waals surface area contributed by atoms with Gasteiger partial charge >= 0.3 is 0 Å². The first-order valence-electron chi connectivity index (χ1n) is 8.47. The predicted molar refractivity (Wildman–Crippen MR) is 113 cm³/mol. The second-order valence-electron chi connectivity index (χ2n) is 6.07. The lowest BCUT2D eigenvalue weighted by atomic mass is 10.2. The second kappa shape index (κ2) is 8.91. The number of aryl methyl sites for hydroxylation is 1. The van der Waals surface area contributed by atoms with Gasteiger partial charge in [0, 0.05) is 10.7 Å². The van der Waals surface area contributed by atoms with Gasteiger partial charge in [0.1, 0.15) is 6.54 Å². The lowest BCUT2D eigenvalue weighted by Crippen LogP contribution is -2.36. The number of halogens is 1. The summed E-state index contributed by atoms with van der Waals surface area (Å²) in [6.45, 7) is 1.48. The van der Waals surface area contributed by atoms with Crippen LogP contribution in [0.25, 0.3) is 6.08 Å². The van der Waals surface area contributed by atoms with E-state index in [2.05, 4.69) is 5.32 Å². The molecule has 1 aliphatic rings. The quantitative estimate of drug-likeness (QED) is 0.711. The summed E-state index contributed by atoms with van der Waals surface area (Å²) in [5, 5.41) is 2.70. The zero-order chi connectivity index (χ0) is 20.1. The summed E-state index contributed by atoms with van der Waals surface area (Å²) in [5.41, 5.74) is 2.36. The molecule has 142 valence electrons. The number of thioether (sulfide) groups is 1. The molecule has 0 saturated carbocycles. The molecule has 0 bridgehead atoms. The van der Waals surface area contributed by atoms with Gasteiger partial charge in [-0.15, -0.1) is 0 Å². The van der Waals surface area contributed by atoms with Crippen LogP contribution in [0.5, 0.6) is 0 Å². The normalized spacial score (nSPS) is 15.6. The van der Waals surface area contributed by atoms with Gasteiger partial charge in [-0.3, -0.25) is 19.3 Å². The SMILES string of the molecule is Cc1ccc(Cl)cc1NC(=O)CN1C(=O)S/C(=C/C=C\c2ccccc2)C1=O. The lowest BCUT2D eigenvalue weighted by molar-refractivity contribution is -0.127. The van der Waals surface area contributed by atoms with Crippen LogP contribution in [0.1, 0.15) is 11.1 Å². The molecule has 0 unspecified atom stereocenters. The third-order valence-corrected chi connectivity index (χ3v) is 5.15. The molecule has 2 aromatic carbocycles. The van der Waals surface area contributed by atoms with E-state index in [9.17, 15) is 14.4 Å². The summed E-state index contributed by atoms with van der Waals surface area (Å²) >= 11 is 6.76. The van der Waals surface area contributed by atoms with E-state index in [1.54, 1.807) is 30.4 Å². The Morgan fingerprint density at radius 1 is 1.18 bits per heavy atom. The number of imide groups is 1. The minimum atomic E-state index is -0.481. The third-order valence-electron chi connectivity index (χ3n) is 3.98. The van der Waals surface area contributed by atoms with Crippen LogP contribution in [-0.4, -0.2) is 28.5 Å². The molecule has 5 nitrogen and oxygen atoms in total. The number of rotatable bonds is 5. The summed E-state index contributed by atoms with van der Waals surface area (Å²) < 4.78 is 0. The topological polar surface area (TPSA) is 66.5 Å². The standard InChI is InChI=1S/C21H17ClN2O3S/c1-14-10-11-16(22)12-17(14)23-19(25)13-24-20(26)18(28-21(24)27)9-5-8-15-6-3-2-4-7-15/h2-12H,13H2,1H3,(H,23,25)/b8-5-,18-9+. The molecule has 1 N–H and O–H groups in total. The van der Waals surface area contributed by atoms with Crippen molar-refractivity contribution in [3.8, 4) is 0 Å². The molecule has 3 amide bonds. The van der Waals surface area contributed by atoms with Gasteiger partial charge in [-0.2, -0.15) is 0 Å². The highest BCUT2D eigenvalue weighted by molar-refractivity contribution is 8.18. The maximum atomic E-state index is 12.4. The van der Waals surface area contributed by atoms with Crippen molar-refractivity contribution in [2.45, 2.75) is 6.92 Å². The van der Waals surface area contributed by atoms with Gasteiger partial charge in [0.25, 0.3) is 11.1 Å². The molecule has 0 radical (unpaired) electrons. The summed E-state index contributed by atoms with van der Waals surface area (Å²) in [5.74, 6) is -0.945. The first kappa shape index (κ1) is 19.9. The van der Waals surface area contributed by atoms with Gasteiger partial charge in [-0.05, 0) is 48.0 Å².